The summed E-state index contributed by atoms with van der Waals surface area (Å²) < 4.78 is 2.02. The third kappa shape index (κ3) is 4.07. The van der Waals surface area contributed by atoms with Gasteiger partial charge in [0, 0.05) is 48.1 Å². The molecule has 0 atom stereocenters. The minimum Gasteiger partial charge on any atom is -0.356 e. The maximum Gasteiger partial charge on any atom is 0.228 e. The molecule has 1 aromatic carbocycles. The van der Waals surface area contributed by atoms with Gasteiger partial charge in [0.05, 0.1) is 22.8 Å². The summed E-state index contributed by atoms with van der Waals surface area (Å²) in [6, 6.07) is 12.1. The van der Waals surface area contributed by atoms with Crippen LogP contribution in [-0.2, 0) is 13.0 Å². The molecule has 1 N–H and O–H groups in total. The molecule has 6 rings (SSSR count). The summed E-state index contributed by atoms with van der Waals surface area (Å²) in [5, 5.41) is 14.4. The number of carbonyl (C=O) groups excluding carboxylic acids is 1. The molecular formula is C28H30N8O. The number of hydrogen-bond acceptors (Lipinski definition) is 7. The van der Waals surface area contributed by atoms with Crippen LogP contribution in [0.2, 0.25) is 0 Å². The number of fused-ring (bicyclic) bond motifs is 2. The summed E-state index contributed by atoms with van der Waals surface area (Å²) in [7, 11) is 4.26. The summed E-state index contributed by atoms with van der Waals surface area (Å²) in [5.41, 5.74) is 6.03. The van der Waals surface area contributed by atoms with Crippen LogP contribution in [0.3, 0.4) is 0 Å². The maximum atomic E-state index is 13.5. The lowest BCUT2D eigenvalue weighted by Crippen LogP contribution is -2.42. The Balaban J connectivity index is 1.30. The van der Waals surface area contributed by atoms with E-state index < -0.39 is 0 Å². The van der Waals surface area contributed by atoms with Crippen molar-refractivity contribution in [1.82, 2.24) is 29.6 Å². The number of piperidine rings is 1. The van der Waals surface area contributed by atoms with Gasteiger partial charge < -0.3 is 14.8 Å². The van der Waals surface area contributed by atoms with Gasteiger partial charge >= 0.3 is 0 Å². The molecule has 9 heteroatoms. The van der Waals surface area contributed by atoms with Crippen molar-refractivity contribution in [2.45, 2.75) is 45.2 Å². The van der Waals surface area contributed by atoms with Gasteiger partial charge in [0.25, 0.3) is 0 Å². The van der Waals surface area contributed by atoms with Gasteiger partial charge in [-0.1, -0.05) is 0 Å². The zero-order valence-electron chi connectivity index (χ0n) is 21.5. The fourth-order valence-electron chi connectivity index (χ4n) is 5.72. The highest BCUT2D eigenvalue weighted by atomic mass is 16.1. The average molecular weight is 495 g/mol. The number of aryl methyl sites for hydroxylation is 2. The topological polar surface area (TPSA) is 107 Å². The van der Waals surface area contributed by atoms with Crippen LogP contribution in [0.1, 0.15) is 52.4 Å². The Morgan fingerprint density at radius 3 is 2.70 bits per heavy atom. The van der Waals surface area contributed by atoms with Crippen molar-refractivity contribution in [3.63, 3.8) is 0 Å². The van der Waals surface area contributed by atoms with E-state index >= 15 is 0 Å². The molecule has 3 aromatic heterocycles. The summed E-state index contributed by atoms with van der Waals surface area (Å²) in [5.74, 6) is 0.915. The number of hydrogen-bond donors (Lipinski definition) is 1. The molecule has 0 unspecified atom stereocenters. The number of imidazole rings is 1. The van der Waals surface area contributed by atoms with Crippen LogP contribution >= 0.6 is 0 Å². The number of ketones is 1. The Labute approximate surface area is 215 Å². The lowest BCUT2D eigenvalue weighted by Gasteiger charge is -2.35. The largest absolute Gasteiger partial charge is 0.356 e. The molecule has 0 aliphatic carbocycles. The predicted molar refractivity (Wildman–Crippen MR) is 142 cm³/mol. The number of H-pyrrole nitrogens is 1. The zero-order valence-corrected chi connectivity index (χ0v) is 21.5. The standard InChI is InChI=1S/C28H30N8O/c1-17-25(23-5-4-12-36(23)33-17)21-15-18(6-7-19(21)16-29)26(37)28-30-22-8-9-24(31-27(22)32-28)35-13-10-20(11-14-35)34(2)3/h6-9,15,20H,4-5,10-14H2,1-3H3,(H,30,31,32). The summed E-state index contributed by atoms with van der Waals surface area (Å²) >= 11 is 0. The molecule has 5 heterocycles. The second kappa shape index (κ2) is 9.12. The molecule has 0 saturated carbocycles. The van der Waals surface area contributed by atoms with Crippen LogP contribution in [0.15, 0.2) is 30.3 Å². The number of nitrogens with one attached hydrogen (secondary N) is 1. The van der Waals surface area contributed by atoms with Crippen LogP contribution in [0.5, 0.6) is 0 Å². The van der Waals surface area contributed by atoms with E-state index in [2.05, 4.69) is 45.0 Å². The minimum absolute atomic E-state index is 0.224. The van der Waals surface area contributed by atoms with Gasteiger partial charge in [-0.25, -0.2) is 9.97 Å². The fraction of sp³-hybridized carbons (Fsp3) is 0.393. The molecule has 0 radical (unpaired) electrons. The molecule has 0 spiro atoms. The van der Waals surface area contributed by atoms with Crippen LogP contribution in [0, 0.1) is 18.3 Å². The van der Waals surface area contributed by atoms with E-state index in [-0.39, 0.29) is 11.6 Å². The monoisotopic (exact) mass is 494 g/mol. The Morgan fingerprint density at radius 1 is 1.14 bits per heavy atom. The fourth-order valence-corrected chi connectivity index (χ4v) is 5.72. The third-order valence-electron chi connectivity index (χ3n) is 7.75. The van der Waals surface area contributed by atoms with Gasteiger partial charge in [-0.05, 0) is 77.0 Å². The molecule has 4 aromatic rings. The highest BCUT2D eigenvalue weighted by Crippen LogP contribution is 2.34. The first-order chi connectivity index (χ1) is 17.9. The lowest BCUT2D eigenvalue weighted by atomic mass is 9.94. The number of benzene rings is 1. The quantitative estimate of drug-likeness (QED) is 0.422. The summed E-state index contributed by atoms with van der Waals surface area (Å²) in [6.07, 6.45) is 4.15. The maximum absolute atomic E-state index is 13.5. The second-order valence-electron chi connectivity index (χ2n) is 10.2. The van der Waals surface area contributed by atoms with Crippen molar-refractivity contribution in [1.29, 1.82) is 5.26 Å². The van der Waals surface area contributed by atoms with E-state index in [0.717, 1.165) is 79.2 Å². The number of rotatable bonds is 5. The van der Waals surface area contributed by atoms with Crippen molar-refractivity contribution in [2.24, 2.45) is 0 Å². The van der Waals surface area contributed by atoms with Crippen molar-refractivity contribution in [2.75, 3.05) is 32.1 Å². The summed E-state index contributed by atoms with van der Waals surface area (Å²) in [4.78, 5) is 30.6. The number of carbonyl (C=O) groups is 1. The molecule has 2 aliphatic rings. The SMILES string of the molecule is Cc1nn2c(c1-c1cc(C(=O)c3nc4nc(N5CCC(N(C)C)CC5)ccc4[nH]3)ccc1C#N)CCC2. The average Bonchev–Trinajstić information content (AvgIpc) is 3.61. The van der Waals surface area contributed by atoms with E-state index in [0.29, 0.717) is 22.8 Å². The first-order valence-electron chi connectivity index (χ1n) is 12.9. The molecule has 1 saturated heterocycles. The van der Waals surface area contributed by atoms with E-state index in [1.807, 2.05) is 29.8 Å². The number of aromatic amines is 1. The Bertz CT molecular complexity index is 1550. The van der Waals surface area contributed by atoms with Gasteiger partial charge in [0.15, 0.2) is 11.5 Å². The molecule has 9 nitrogen and oxygen atoms in total. The summed E-state index contributed by atoms with van der Waals surface area (Å²) in [6.45, 7) is 4.74. The van der Waals surface area contributed by atoms with Crippen LogP contribution in [-0.4, -0.2) is 68.6 Å². The van der Waals surface area contributed by atoms with E-state index in [9.17, 15) is 10.1 Å². The molecule has 1 fully saturated rings. The van der Waals surface area contributed by atoms with Gasteiger partial charge in [-0.15, -0.1) is 0 Å². The van der Waals surface area contributed by atoms with Gasteiger partial charge in [0.2, 0.25) is 5.78 Å². The number of aromatic nitrogens is 5. The highest BCUT2D eigenvalue weighted by molar-refractivity contribution is 6.08. The number of anilines is 1. The molecule has 2 aliphatic heterocycles. The molecule has 0 bridgehead atoms. The Morgan fingerprint density at radius 2 is 1.95 bits per heavy atom. The highest BCUT2D eigenvalue weighted by Gasteiger charge is 2.25. The first-order valence-corrected chi connectivity index (χ1v) is 12.9. The smallest absolute Gasteiger partial charge is 0.228 e. The van der Waals surface area contributed by atoms with Crippen molar-refractivity contribution < 1.29 is 4.79 Å². The molecular weight excluding hydrogens is 464 g/mol. The Kier molecular flexibility index (Phi) is 5.76. The molecule has 188 valence electrons. The van der Waals surface area contributed by atoms with Crippen molar-refractivity contribution in [3.8, 4) is 17.2 Å². The lowest BCUT2D eigenvalue weighted by molar-refractivity contribution is 0.103. The number of nitriles is 1. The Hall–Kier alpha value is -4.03. The van der Waals surface area contributed by atoms with Gasteiger partial charge in [-0.3, -0.25) is 9.48 Å². The van der Waals surface area contributed by atoms with Gasteiger partial charge in [-0.2, -0.15) is 10.4 Å². The van der Waals surface area contributed by atoms with E-state index in [1.165, 1.54) is 0 Å². The zero-order chi connectivity index (χ0) is 25.7. The van der Waals surface area contributed by atoms with E-state index in [4.69, 9.17) is 4.98 Å². The predicted octanol–water partition coefficient (Wildman–Crippen LogP) is 3.71. The second-order valence-corrected chi connectivity index (χ2v) is 10.2. The van der Waals surface area contributed by atoms with Crippen LogP contribution in [0.25, 0.3) is 22.3 Å². The van der Waals surface area contributed by atoms with Crippen molar-refractivity contribution >= 4 is 22.8 Å². The first kappa shape index (κ1) is 23.4. The minimum atomic E-state index is -0.224. The third-order valence-corrected chi connectivity index (χ3v) is 7.75. The van der Waals surface area contributed by atoms with Crippen molar-refractivity contribution in [3.05, 3.63) is 58.7 Å². The molecule has 0 amide bonds. The number of nitrogens with zero attached hydrogens (tertiary/aromatic N) is 7. The van der Waals surface area contributed by atoms with Gasteiger partial charge in [0.1, 0.15) is 5.82 Å². The van der Waals surface area contributed by atoms with E-state index in [1.54, 1.807) is 12.1 Å². The number of pyridine rings is 1. The normalized spacial score (nSPS) is 15.9. The molecule has 37 heavy (non-hydrogen) atoms. The van der Waals surface area contributed by atoms with Crippen LogP contribution < -0.4 is 4.90 Å². The van der Waals surface area contributed by atoms with Crippen LogP contribution in [0.4, 0.5) is 5.82 Å².